The molecule has 0 radical (unpaired) electrons. The van der Waals surface area contributed by atoms with Crippen LogP contribution in [0, 0.1) is 5.92 Å². The molecule has 1 aliphatic carbocycles. The van der Waals surface area contributed by atoms with E-state index in [1.165, 1.54) is 6.07 Å². The van der Waals surface area contributed by atoms with Crippen LogP contribution >= 0.6 is 0 Å². The second-order valence-corrected chi connectivity index (χ2v) is 8.67. The number of aliphatic hydroxyl groups is 1. The fourth-order valence-electron chi connectivity index (χ4n) is 4.63. The lowest BCUT2D eigenvalue weighted by molar-refractivity contribution is -0.0204. The zero-order valence-electron chi connectivity index (χ0n) is 17.5. The van der Waals surface area contributed by atoms with Crippen LogP contribution in [0.1, 0.15) is 74.0 Å². The average Bonchev–Trinajstić information content (AvgIpc) is 3.02. The molecule has 1 aliphatic rings. The van der Waals surface area contributed by atoms with Crippen molar-refractivity contribution in [2.24, 2.45) is 5.92 Å². The number of hydrogen-bond donors (Lipinski definition) is 1. The fraction of sp³-hybridized carbons (Fsp3) is 0.609. The molecule has 2 aromatic rings. The number of fused-ring (bicyclic) bond motifs is 1. The summed E-state index contributed by atoms with van der Waals surface area (Å²) in [6.45, 7) is 3.40. The third kappa shape index (κ3) is 4.86. The van der Waals surface area contributed by atoms with Gasteiger partial charge in [0.1, 0.15) is 0 Å². The van der Waals surface area contributed by atoms with E-state index >= 15 is 0 Å². The predicted octanol–water partition coefficient (Wildman–Crippen LogP) is 5.14. The van der Waals surface area contributed by atoms with Crippen LogP contribution in [0.15, 0.2) is 24.4 Å². The highest BCUT2D eigenvalue weighted by molar-refractivity contribution is 6.03. The quantitative estimate of drug-likeness (QED) is 0.616. The van der Waals surface area contributed by atoms with Crippen LogP contribution in [0.5, 0.6) is 0 Å². The largest absolute Gasteiger partial charge is 0.390 e. The van der Waals surface area contributed by atoms with Crippen molar-refractivity contribution in [1.82, 2.24) is 4.40 Å². The molecule has 1 N–H and O–H groups in total. The molecule has 0 amide bonds. The first-order valence-electron chi connectivity index (χ1n) is 10.4. The van der Waals surface area contributed by atoms with Crippen LogP contribution in [0.25, 0.3) is 5.52 Å². The minimum atomic E-state index is -3.06. The lowest BCUT2D eigenvalue weighted by Crippen LogP contribution is -2.35. The lowest BCUT2D eigenvalue weighted by Gasteiger charge is -2.35. The van der Waals surface area contributed by atoms with E-state index in [1.807, 2.05) is 0 Å². The molecule has 3 rings (SSSR count). The molecule has 0 spiro atoms. The Morgan fingerprint density at radius 2 is 2.21 bits per heavy atom. The highest BCUT2D eigenvalue weighted by Crippen LogP contribution is 2.37. The van der Waals surface area contributed by atoms with E-state index < -0.39 is 11.5 Å². The molecular formula is C23H31F2NO3. The molecule has 0 aliphatic heterocycles. The third-order valence-electron chi connectivity index (χ3n) is 6.09. The predicted molar refractivity (Wildman–Crippen MR) is 109 cm³/mol. The van der Waals surface area contributed by atoms with Gasteiger partial charge in [0.25, 0.3) is 5.92 Å². The monoisotopic (exact) mass is 407 g/mol. The van der Waals surface area contributed by atoms with E-state index in [4.69, 9.17) is 4.74 Å². The molecule has 2 aromatic heterocycles. The molecule has 0 aromatic carbocycles. The van der Waals surface area contributed by atoms with Gasteiger partial charge in [0.15, 0.2) is 5.78 Å². The van der Waals surface area contributed by atoms with Gasteiger partial charge in [-0.2, -0.15) is 0 Å². The first-order chi connectivity index (χ1) is 13.6. The molecular weight excluding hydrogens is 376 g/mol. The number of alkyl halides is 2. The number of rotatable bonds is 8. The van der Waals surface area contributed by atoms with Crippen LogP contribution in [0.4, 0.5) is 8.78 Å². The van der Waals surface area contributed by atoms with Gasteiger partial charge < -0.3 is 14.2 Å². The standard InChI is InChI=1S/C23H31F2NO3/c1-16-6-4-10-23(28,15-16)11-8-20(27)18-14-17(9-13-29-3)26-12-5-7-19(21(18)26)22(2,24)25/h5,7,12,14,16,28H,4,6,8-11,13,15H2,1-3H3/t16-,23+/m1/s1. The van der Waals surface area contributed by atoms with Gasteiger partial charge in [0, 0.05) is 49.9 Å². The smallest absolute Gasteiger partial charge is 0.272 e. The Morgan fingerprint density at radius 3 is 2.86 bits per heavy atom. The van der Waals surface area contributed by atoms with Crippen LogP contribution in [0.3, 0.4) is 0 Å². The molecule has 29 heavy (non-hydrogen) atoms. The number of aromatic nitrogens is 1. The van der Waals surface area contributed by atoms with Gasteiger partial charge >= 0.3 is 0 Å². The number of pyridine rings is 1. The van der Waals surface area contributed by atoms with E-state index in [0.717, 1.165) is 25.5 Å². The zero-order chi connectivity index (χ0) is 21.2. The summed E-state index contributed by atoms with van der Waals surface area (Å²) in [4.78, 5) is 13.1. The van der Waals surface area contributed by atoms with Crippen LogP contribution in [-0.4, -0.2) is 34.6 Å². The minimum absolute atomic E-state index is 0.149. The summed E-state index contributed by atoms with van der Waals surface area (Å²) < 4.78 is 35.4. The molecule has 0 bridgehead atoms. The summed E-state index contributed by atoms with van der Waals surface area (Å²) in [5, 5.41) is 10.9. The van der Waals surface area contributed by atoms with Gasteiger partial charge in [0.2, 0.25) is 0 Å². The van der Waals surface area contributed by atoms with Crippen molar-refractivity contribution in [1.29, 1.82) is 0 Å². The fourth-order valence-corrected chi connectivity index (χ4v) is 4.63. The Labute approximate surface area is 170 Å². The van der Waals surface area contributed by atoms with E-state index in [1.54, 1.807) is 29.8 Å². The second-order valence-electron chi connectivity index (χ2n) is 8.67. The third-order valence-corrected chi connectivity index (χ3v) is 6.09. The molecule has 160 valence electrons. The highest BCUT2D eigenvalue weighted by atomic mass is 19.3. The Balaban J connectivity index is 1.93. The van der Waals surface area contributed by atoms with E-state index in [9.17, 15) is 18.7 Å². The van der Waals surface area contributed by atoms with Crippen molar-refractivity contribution < 1.29 is 23.4 Å². The zero-order valence-corrected chi connectivity index (χ0v) is 17.5. The Kier molecular flexibility index (Phi) is 6.44. The van der Waals surface area contributed by atoms with Crippen LogP contribution < -0.4 is 0 Å². The summed E-state index contributed by atoms with van der Waals surface area (Å²) in [6.07, 6.45) is 6.18. The molecule has 1 fully saturated rings. The lowest BCUT2D eigenvalue weighted by atomic mass is 9.76. The molecule has 2 heterocycles. The number of carbonyl (C=O) groups excluding carboxylic acids is 1. The first kappa shape index (κ1) is 21.9. The summed E-state index contributed by atoms with van der Waals surface area (Å²) >= 11 is 0. The number of carbonyl (C=O) groups is 1. The number of Topliss-reactive ketones (excluding diaryl/α,β-unsaturated/α-hetero) is 1. The normalized spacial score (nSPS) is 22.9. The number of nitrogens with zero attached hydrogens (tertiary/aromatic N) is 1. The molecule has 2 atom stereocenters. The SMILES string of the molecule is COCCc1cc(C(=O)CC[C@@]2(O)CCC[C@@H](C)C2)c2c(C(C)(F)F)cccn12. The van der Waals surface area contributed by atoms with Crippen molar-refractivity contribution in [3.05, 3.63) is 41.2 Å². The van der Waals surface area contributed by atoms with Crippen molar-refractivity contribution in [2.75, 3.05) is 13.7 Å². The summed E-state index contributed by atoms with van der Waals surface area (Å²) in [6, 6.07) is 4.67. The molecule has 6 heteroatoms. The van der Waals surface area contributed by atoms with Crippen molar-refractivity contribution in [3.63, 3.8) is 0 Å². The van der Waals surface area contributed by atoms with E-state index in [-0.39, 0.29) is 23.3 Å². The second kappa shape index (κ2) is 8.52. The number of ketones is 1. The van der Waals surface area contributed by atoms with Gasteiger partial charge in [-0.15, -0.1) is 0 Å². The summed E-state index contributed by atoms with van der Waals surface area (Å²) in [7, 11) is 1.58. The van der Waals surface area contributed by atoms with Gasteiger partial charge in [-0.1, -0.05) is 19.8 Å². The van der Waals surface area contributed by atoms with Gasteiger partial charge in [0.05, 0.1) is 17.7 Å². The van der Waals surface area contributed by atoms with Crippen LogP contribution in [0.2, 0.25) is 0 Å². The first-order valence-corrected chi connectivity index (χ1v) is 10.4. The van der Waals surface area contributed by atoms with Gasteiger partial charge in [-0.25, -0.2) is 8.78 Å². The number of hydrogen-bond acceptors (Lipinski definition) is 3. The summed E-state index contributed by atoms with van der Waals surface area (Å²) in [5.41, 5.74) is 0.346. The van der Waals surface area contributed by atoms with Gasteiger partial charge in [-0.05, 0) is 43.4 Å². The minimum Gasteiger partial charge on any atom is -0.390 e. The Bertz CT molecular complexity index is 871. The molecule has 0 saturated heterocycles. The van der Waals surface area contributed by atoms with Crippen molar-refractivity contribution in [3.8, 4) is 0 Å². The number of halogens is 2. The van der Waals surface area contributed by atoms with Crippen molar-refractivity contribution >= 4 is 11.3 Å². The molecule has 4 nitrogen and oxygen atoms in total. The Hall–Kier alpha value is -1.79. The maximum absolute atomic E-state index is 14.3. The molecule has 0 unspecified atom stereocenters. The van der Waals surface area contributed by atoms with E-state index in [0.29, 0.717) is 43.8 Å². The topological polar surface area (TPSA) is 50.9 Å². The summed E-state index contributed by atoms with van der Waals surface area (Å²) in [5.74, 6) is -2.83. The van der Waals surface area contributed by atoms with E-state index in [2.05, 4.69) is 6.92 Å². The highest BCUT2D eigenvalue weighted by Gasteiger charge is 2.34. The Morgan fingerprint density at radius 1 is 1.45 bits per heavy atom. The maximum Gasteiger partial charge on any atom is 0.272 e. The molecule has 1 saturated carbocycles. The van der Waals surface area contributed by atoms with Crippen LogP contribution in [-0.2, 0) is 17.1 Å². The maximum atomic E-state index is 14.3. The number of methoxy groups -OCH3 is 1. The number of ether oxygens (including phenoxy) is 1. The average molecular weight is 408 g/mol. The van der Waals surface area contributed by atoms with Crippen molar-refractivity contribution in [2.45, 2.75) is 70.3 Å². The van der Waals surface area contributed by atoms with Gasteiger partial charge in [-0.3, -0.25) is 4.79 Å².